The summed E-state index contributed by atoms with van der Waals surface area (Å²) in [6.45, 7) is 0. The molecule has 0 atom stereocenters. The second-order valence-electron chi connectivity index (χ2n) is 3.01. The van der Waals surface area contributed by atoms with Crippen LogP contribution in [0.25, 0.3) is 0 Å². The van der Waals surface area contributed by atoms with Crippen LogP contribution in [0.2, 0.25) is 0 Å². The Morgan fingerprint density at radius 1 is 1.59 bits per heavy atom. The van der Waals surface area contributed by atoms with E-state index in [9.17, 15) is 28.8 Å². The number of aromatic hydroxyl groups is 1. The van der Waals surface area contributed by atoms with Crippen LogP contribution in [0.1, 0.15) is 17.7 Å². The van der Waals surface area contributed by atoms with Gasteiger partial charge < -0.3 is 20.3 Å². The molecule has 7 nitrogen and oxygen atoms in total. The number of aromatic nitrogens is 1. The predicted molar refractivity (Wildman–Crippen MR) is 48.9 cm³/mol. The minimum atomic E-state index is -3.10. The molecule has 0 fully saturated rings. The molecule has 1 rings (SSSR count). The van der Waals surface area contributed by atoms with E-state index in [1.807, 2.05) is 0 Å². The zero-order chi connectivity index (χ0) is 13.2. The van der Waals surface area contributed by atoms with Gasteiger partial charge in [0.2, 0.25) is 11.4 Å². The van der Waals surface area contributed by atoms with Crippen LogP contribution in [0, 0.1) is 10.1 Å². The summed E-state index contributed by atoms with van der Waals surface area (Å²) in [5, 5.41) is 28.2. The summed E-state index contributed by atoms with van der Waals surface area (Å²) in [5.74, 6) is -3.61. The topological polar surface area (TPSA) is 114 Å². The fraction of sp³-hybridized carbons (Fsp3) is 0.250. The molecule has 0 aliphatic carbocycles. The third-order valence-electron chi connectivity index (χ3n) is 1.81. The Bertz CT molecular complexity index is 477. The van der Waals surface area contributed by atoms with Gasteiger partial charge in [0.15, 0.2) is 0 Å². The van der Waals surface area contributed by atoms with Crippen molar-refractivity contribution in [3.8, 4) is 5.75 Å². The van der Waals surface area contributed by atoms with Gasteiger partial charge in [-0.25, -0.2) is 8.78 Å². The molecule has 92 valence electrons. The second kappa shape index (κ2) is 4.68. The Balaban J connectivity index is 3.37. The van der Waals surface area contributed by atoms with E-state index in [-0.39, 0.29) is 0 Å². The SMILES string of the molecule is O=C(O)Cc1cc(C(F)F)nc([N+](=O)[O-])c1O. The van der Waals surface area contributed by atoms with Crippen molar-refractivity contribution in [1.29, 1.82) is 0 Å². The van der Waals surface area contributed by atoms with Gasteiger partial charge in [-0.15, -0.1) is 0 Å². The summed E-state index contributed by atoms with van der Waals surface area (Å²) in [6, 6.07) is 0.626. The van der Waals surface area contributed by atoms with E-state index in [2.05, 4.69) is 4.98 Å². The number of carboxylic acid groups (broad SMARTS) is 1. The molecule has 2 N–H and O–H groups in total. The van der Waals surface area contributed by atoms with Crippen LogP contribution >= 0.6 is 0 Å². The minimum Gasteiger partial charge on any atom is -0.501 e. The lowest BCUT2D eigenvalue weighted by molar-refractivity contribution is -0.390. The summed E-state index contributed by atoms with van der Waals surface area (Å²) in [7, 11) is 0. The highest BCUT2D eigenvalue weighted by Crippen LogP contribution is 2.31. The van der Waals surface area contributed by atoms with Crippen molar-refractivity contribution in [3.63, 3.8) is 0 Å². The van der Waals surface area contributed by atoms with E-state index in [4.69, 9.17) is 5.11 Å². The molecule has 0 spiro atoms. The van der Waals surface area contributed by atoms with Crippen LogP contribution in [-0.2, 0) is 11.2 Å². The van der Waals surface area contributed by atoms with Crippen LogP contribution < -0.4 is 0 Å². The molecule has 0 amide bonds. The van der Waals surface area contributed by atoms with E-state index in [0.29, 0.717) is 6.07 Å². The first-order chi connectivity index (χ1) is 7.82. The van der Waals surface area contributed by atoms with Gasteiger partial charge in [0, 0.05) is 5.56 Å². The van der Waals surface area contributed by atoms with Crippen molar-refractivity contribution in [1.82, 2.24) is 4.98 Å². The molecule has 0 aromatic carbocycles. The number of aliphatic carboxylic acids is 1. The lowest BCUT2D eigenvalue weighted by Gasteiger charge is -2.03. The summed E-state index contributed by atoms with van der Waals surface area (Å²) < 4.78 is 24.7. The molecule has 0 radical (unpaired) electrons. The quantitative estimate of drug-likeness (QED) is 0.612. The lowest BCUT2D eigenvalue weighted by atomic mass is 10.1. The molecule has 0 bridgehead atoms. The highest BCUT2D eigenvalue weighted by Gasteiger charge is 2.27. The molecule has 1 aromatic heterocycles. The minimum absolute atomic E-state index is 0.477. The van der Waals surface area contributed by atoms with Gasteiger partial charge in [-0.1, -0.05) is 0 Å². The molecule has 0 unspecified atom stereocenters. The molecule has 0 aliphatic heterocycles. The van der Waals surface area contributed by atoms with E-state index in [0.717, 1.165) is 0 Å². The van der Waals surface area contributed by atoms with Crippen molar-refractivity contribution in [3.05, 3.63) is 27.4 Å². The standard InChI is InChI=1S/C8H6F2N2O5/c9-7(10)4-1-3(2-5(13)14)6(15)8(11-4)12(16)17/h1,7,15H,2H2,(H,13,14). The maximum Gasteiger partial charge on any atom is 0.406 e. The largest absolute Gasteiger partial charge is 0.501 e. The summed E-state index contributed by atoms with van der Waals surface area (Å²) in [4.78, 5) is 22.6. The van der Waals surface area contributed by atoms with Crippen molar-refractivity contribution < 1.29 is 28.7 Å². The maximum absolute atomic E-state index is 12.3. The molecule has 0 saturated carbocycles. The smallest absolute Gasteiger partial charge is 0.406 e. The fourth-order valence-corrected chi connectivity index (χ4v) is 1.13. The van der Waals surface area contributed by atoms with Crippen molar-refractivity contribution in [2.75, 3.05) is 0 Å². The number of nitro groups is 1. The second-order valence-corrected chi connectivity index (χ2v) is 3.01. The van der Waals surface area contributed by atoms with Gasteiger partial charge in [0.1, 0.15) is 0 Å². The monoisotopic (exact) mass is 248 g/mol. The van der Waals surface area contributed by atoms with Crippen molar-refractivity contribution in [2.45, 2.75) is 12.8 Å². The van der Waals surface area contributed by atoms with Crippen LogP contribution in [0.4, 0.5) is 14.6 Å². The molecule has 9 heteroatoms. The number of carbonyl (C=O) groups is 1. The van der Waals surface area contributed by atoms with Gasteiger partial charge in [-0.05, 0) is 16.0 Å². The number of pyridine rings is 1. The van der Waals surface area contributed by atoms with Crippen LogP contribution in [0.5, 0.6) is 5.75 Å². The van der Waals surface area contributed by atoms with E-state index >= 15 is 0 Å². The highest BCUT2D eigenvalue weighted by atomic mass is 19.3. The molecule has 1 aromatic rings. The molecular weight excluding hydrogens is 242 g/mol. The predicted octanol–water partition coefficient (Wildman–Crippen LogP) is 1.26. The Morgan fingerprint density at radius 3 is 2.59 bits per heavy atom. The fourth-order valence-electron chi connectivity index (χ4n) is 1.13. The third kappa shape index (κ3) is 2.83. The van der Waals surface area contributed by atoms with E-state index in [1.165, 1.54) is 0 Å². The van der Waals surface area contributed by atoms with E-state index < -0.39 is 46.6 Å². The molecule has 0 aliphatic rings. The number of hydrogen-bond acceptors (Lipinski definition) is 5. The number of alkyl halides is 2. The molecular formula is C8H6F2N2O5. The van der Waals surface area contributed by atoms with Gasteiger partial charge in [-0.2, -0.15) is 0 Å². The first-order valence-electron chi connectivity index (χ1n) is 4.20. The van der Waals surface area contributed by atoms with Gasteiger partial charge in [-0.3, -0.25) is 4.79 Å². The van der Waals surface area contributed by atoms with Crippen molar-refractivity contribution >= 4 is 11.8 Å². The number of carboxylic acids is 1. The zero-order valence-electron chi connectivity index (χ0n) is 8.13. The van der Waals surface area contributed by atoms with Gasteiger partial charge in [0.25, 0.3) is 0 Å². The lowest BCUT2D eigenvalue weighted by Crippen LogP contribution is -2.05. The molecule has 0 saturated heterocycles. The first kappa shape index (κ1) is 12.7. The Labute approximate surface area is 92.5 Å². The van der Waals surface area contributed by atoms with Crippen LogP contribution in [0.3, 0.4) is 0 Å². The normalized spacial score (nSPS) is 10.5. The average Bonchev–Trinajstić information content (AvgIpc) is 2.19. The summed E-state index contributed by atoms with van der Waals surface area (Å²) >= 11 is 0. The van der Waals surface area contributed by atoms with Crippen molar-refractivity contribution in [2.24, 2.45) is 0 Å². The van der Waals surface area contributed by atoms with Crippen LogP contribution in [-0.4, -0.2) is 26.1 Å². The Kier molecular flexibility index (Phi) is 3.51. The number of rotatable bonds is 4. The number of halogens is 2. The summed E-state index contributed by atoms with van der Waals surface area (Å²) in [5.41, 5.74) is -1.43. The maximum atomic E-state index is 12.3. The first-order valence-corrected chi connectivity index (χ1v) is 4.20. The number of nitrogens with zero attached hydrogens (tertiary/aromatic N) is 2. The van der Waals surface area contributed by atoms with E-state index in [1.54, 1.807) is 0 Å². The summed E-state index contributed by atoms with van der Waals surface area (Å²) in [6.07, 6.45) is -3.91. The average molecular weight is 248 g/mol. The highest BCUT2D eigenvalue weighted by molar-refractivity contribution is 5.72. The zero-order valence-corrected chi connectivity index (χ0v) is 8.13. The Morgan fingerprint density at radius 2 is 2.18 bits per heavy atom. The molecule has 17 heavy (non-hydrogen) atoms. The Hall–Kier alpha value is -2.32. The molecule has 1 heterocycles. The van der Waals surface area contributed by atoms with Gasteiger partial charge in [0.05, 0.1) is 6.42 Å². The van der Waals surface area contributed by atoms with Crippen LogP contribution in [0.15, 0.2) is 6.07 Å². The number of hydrogen-bond donors (Lipinski definition) is 2. The van der Waals surface area contributed by atoms with Gasteiger partial charge >= 0.3 is 18.2 Å². The third-order valence-corrected chi connectivity index (χ3v) is 1.81.